The molecule has 3 N–H and O–H groups in total. The maximum absolute atomic E-state index is 13.1. The molecular formula is C21H24N4O4. The lowest BCUT2D eigenvalue weighted by atomic mass is 9.93. The second kappa shape index (κ2) is 7.53. The average molecular weight is 396 g/mol. The van der Waals surface area contributed by atoms with Crippen molar-refractivity contribution in [3.63, 3.8) is 0 Å². The van der Waals surface area contributed by atoms with E-state index in [1.807, 2.05) is 12.1 Å². The van der Waals surface area contributed by atoms with E-state index in [2.05, 4.69) is 22.5 Å². The fourth-order valence-electron chi connectivity index (χ4n) is 4.43. The number of amides is 4. The highest BCUT2D eigenvalue weighted by Gasteiger charge is 2.45. The van der Waals surface area contributed by atoms with Crippen LogP contribution in [0.1, 0.15) is 52.0 Å². The van der Waals surface area contributed by atoms with E-state index in [-0.39, 0.29) is 24.3 Å². The monoisotopic (exact) mass is 396 g/mol. The second-order valence-electron chi connectivity index (χ2n) is 7.84. The van der Waals surface area contributed by atoms with Crippen LogP contribution in [-0.4, -0.2) is 53.2 Å². The lowest BCUT2D eigenvalue weighted by molar-refractivity contribution is -0.136. The number of fused-ring (bicyclic) bond motifs is 1. The van der Waals surface area contributed by atoms with Gasteiger partial charge in [-0.3, -0.25) is 29.4 Å². The number of carbonyl (C=O) groups is 4. The van der Waals surface area contributed by atoms with Crippen LogP contribution < -0.4 is 16.0 Å². The van der Waals surface area contributed by atoms with E-state index in [4.69, 9.17) is 0 Å². The van der Waals surface area contributed by atoms with Gasteiger partial charge >= 0.3 is 0 Å². The maximum Gasteiger partial charge on any atom is 0.262 e. The van der Waals surface area contributed by atoms with Gasteiger partial charge in [0.25, 0.3) is 11.8 Å². The Kier molecular flexibility index (Phi) is 5.06. The lowest BCUT2D eigenvalue weighted by Gasteiger charge is -2.29. The fourth-order valence-corrected chi connectivity index (χ4v) is 4.43. The van der Waals surface area contributed by atoms with Gasteiger partial charge in [-0.05, 0) is 37.4 Å². The summed E-state index contributed by atoms with van der Waals surface area (Å²) >= 11 is 0. The van der Waals surface area contributed by atoms with Crippen molar-refractivity contribution in [1.29, 1.82) is 0 Å². The number of hydrogen-bond acceptors (Lipinski definition) is 6. The molecule has 3 aliphatic rings. The molecule has 4 rings (SSSR count). The van der Waals surface area contributed by atoms with Crippen LogP contribution in [-0.2, 0) is 16.1 Å². The van der Waals surface area contributed by atoms with Crippen molar-refractivity contribution in [3.05, 3.63) is 47.5 Å². The molecule has 1 aromatic rings. The SMILES string of the molecule is C=CCC1(NCc2cccc3c2C(=O)N(C2CCC(=O)NC2=O)C3=O)CCNC1. The zero-order chi connectivity index (χ0) is 20.6. The van der Waals surface area contributed by atoms with Crippen LogP contribution in [0.3, 0.4) is 0 Å². The van der Waals surface area contributed by atoms with Crippen molar-refractivity contribution in [2.45, 2.75) is 43.8 Å². The van der Waals surface area contributed by atoms with Gasteiger partial charge in [0.1, 0.15) is 6.04 Å². The first-order valence-electron chi connectivity index (χ1n) is 9.86. The number of carbonyl (C=O) groups excluding carboxylic acids is 4. The van der Waals surface area contributed by atoms with Gasteiger partial charge in [0.15, 0.2) is 0 Å². The van der Waals surface area contributed by atoms with E-state index in [9.17, 15) is 19.2 Å². The molecule has 2 atom stereocenters. The summed E-state index contributed by atoms with van der Waals surface area (Å²) in [5.41, 5.74) is 1.25. The number of benzene rings is 1. The highest BCUT2D eigenvalue weighted by Crippen LogP contribution is 2.30. The van der Waals surface area contributed by atoms with Crippen LogP contribution >= 0.6 is 0 Å². The van der Waals surface area contributed by atoms with Crippen molar-refractivity contribution in [2.24, 2.45) is 0 Å². The first-order chi connectivity index (χ1) is 14.0. The molecule has 8 heteroatoms. The summed E-state index contributed by atoms with van der Waals surface area (Å²) in [6.45, 7) is 5.99. The third-order valence-electron chi connectivity index (χ3n) is 5.99. The molecule has 0 aromatic heterocycles. The molecule has 0 aliphatic carbocycles. The smallest absolute Gasteiger partial charge is 0.262 e. The number of piperidine rings is 1. The van der Waals surface area contributed by atoms with Gasteiger partial charge in [0.05, 0.1) is 11.1 Å². The standard InChI is InChI=1S/C21H24N4O4/c1-2-8-21(9-10-22-12-21)23-11-13-4-3-5-14-17(13)20(29)25(19(14)28)15-6-7-16(26)24-18(15)27/h2-5,15,22-23H,1,6-12H2,(H,24,26,27). The Bertz CT molecular complexity index is 904. The number of hydrogen-bond donors (Lipinski definition) is 3. The lowest BCUT2D eigenvalue weighted by Crippen LogP contribution is -2.54. The molecule has 4 amide bonds. The van der Waals surface area contributed by atoms with Crippen molar-refractivity contribution in [1.82, 2.24) is 20.9 Å². The van der Waals surface area contributed by atoms with Crippen molar-refractivity contribution in [3.8, 4) is 0 Å². The number of nitrogens with one attached hydrogen (secondary N) is 3. The molecule has 29 heavy (non-hydrogen) atoms. The van der Waals surface area contributed by atoms with Crippen molar-refractivity contribution in [2.75, 3.05) is 13.1 Å². The summed E-state index contributed by atoms with van der Waals surface area (Å²) in [5, 5.41) is 9.11. The van der Waals surface area contributed by atoms with E-state index in [1.165, 1.54) is 0 Å². The van der Waals surface area contributed by atoms with E-state index >= 15 is 0 Å². The molecular weight excluding hydrogens is 372 g/mol. The Morgan fingerprint density at radius 3 is 2.76 bits per heavy atom. The first-order valence-corrected chi connectivity index (χ1v) is 9.86. The number of imide groups is 2. The van der Waals surface area contributed by atoms with Crippen LogP contribution in [0.2, 0.25) is 0 Å². The highest BCUT2D eigenvalue weighted by atomic mass is 16.2. The van der Waals surface area contributed by atoms with Gasteiger partial charge in [-0.2, -0.15) is 0 Å². The second-order valence-corrected chi connectivity index (χ2v) is 7.84. The Morgan fingerprint density at radius 2 is 2.07 bits per heavy atom. The Labute approximate surface area is 168 Å². The third kappa shape index (κ3) is 3.38. The predicted octanol–water partition coefficient (Wildman–Crippen LogP) is 0.486. The van der Waals surface area contributed by atoms with Crippen molar-refractivity contribution < 1.29 is 19.2 Å². The summed E-state index contributed by atoms with van der Waals surface area (Å²) in [7, 11) is 0. The van der Waals surface area contributed by atoms with Gasteiger partial charge < -0.3 is 10.6 Å². The molecule has 0 bridgehead atoms. The Morgan fingerprint density at radius 1 is 1.24 bits per heavy atom. The maximum atomic E-state index is 13.1. The van der Waals surface area contributed by atoms with E-state index in [0.29, 0.717) is 17.7 Å². The molecule has 2 unspecified atom stereocenters. The molecule has 0 spiro atoms. The van der Waals surface area contributed by atoms with Crippen LogP contribution in [0, 0.1) is 0 Å². The van der Waals surface area contributed by atoms with E-state index in [0.717, 1.165) is 36.4 Å². The predicted molar refractivity (Wildman–Crippen MR) is 105 cm³/mol. The largest absolute Gasteiger partial charge is 0.315 e. The summed E-state index contributed by atoms with van der Waals surface area (Å²) in [6, 6.07) is 4.24. The minimum atomic E-state index is -0.952. The number of nitrogens with zero attached hydrogens (tertiary/aromatic N) is 1. The molecule has 3 aliphatic heterocycles. The van der Waals surface area contributed by atoms with Gasteiger partial charge in [-0.25, -0.2) is 0 Å². The minimum Gasteiger partial charge on any atom is -0.315 e. The zero-order valence-electron chi connectivity index (χ0n) is 16.1. The number of rotatable bonds is 6. The summed E-state index contributed by atoms with van der Waals surface area (Å²) in [5.74, 6) is -1.94. The van der Waals surface area contributed by atoms with Gasteiger partial charge in [-0.15, -0.1) is 6.58 Å². The minimum absolute atomic E-state index is 0.106. The van der Waals surface area contributed by atoms with Crippen LogP contribution in [0.25, 0.3) is 0 Å². The van der Waals surface area contributed by atoms with Gasteiger partial charge in [0, 0.05) is 25.0 Å². The molecule has 2 fully saturated rings. The third-order valence-corrected chi connectivity index (χ3v) is 5.99. The summed E-state index contributed by atoms with van der Waals surface area (Å²) < 4.78 is 0. The summed E-state index contributed by atoms with van der Waals surface area (Å²) in [4.78, 5) is 50.7. The molecule has 0 radical (unpaired) electrons. The molecule has 3 heterocycles. The Hall–Kier alpha value is -2.84. The van der Waals surface area contributed by atoms with E-state index < -0.39 is 23.8 Å². The zero-order valence-corrected chi connectivity index (χ0v) is 16.1. The van der Waals surface area contributed by atoms with E-state index in [1.54, 1.807) is 12.1 Å². The normalized spacial score (nSPS) is 26.6. The molecule has 8 nitrogen and oxygen atoms in total. The van der Waals surface area contributed by atoms with Crippen LogP contribution in [0.5, 0.6) is 0 Å². The topological polar surface area (TPSA) is 108 Å². The highest BCUT2D eigenvalue weighted by molar-refractivity contribution is 6.24. The quantitative estimate of drug-likeness (QED) is 0.477. The molecule has 0 saturated carbocycles. The first kappa shape index (κ1) is 19.5. The average Bonchev–Trinajstić information content (AvgIpc) is 3.25. The molecule has 2 saturated heterocycles. The molecule has 152 valence electrons. The summed E-state index contributed by atoms with van der Waals surface area (Å²) in [6.07, 6.45) is 3.88. The Balaban J connectivity index is 1.59. The van der Waals surface area contributed by atoms with Crippen LogP contribution in [0.4, 0.5) is 0 Å². The van der Waals surface area contributed by atoms with Crippen molar-refractivity contribution >= 4 is 23.6 Å². The van der Waals surface area contributed by atoms with Crippen LogP contribution in [0.15, 0.2) is 30.9 Å². The fraction of sp³-hybridized carbons (Fsp3) is 0.429. The van der Waals surface area contributed by atoms with Gasteiger partial charge in [0.2, 0.25) is 11.8 Å². The molecule has 1 aromatic carbocycles. The van der Waals surface area contributed by atoms with Gasteiger partial charge in [-0.1, -0.05) is 18.2 Å².